The molecule has 110 valence electrons. The molecule has 1 amide bonds. The van der Waals surface area contributed by atoms with Crippen molar-refractivity contribution in [2.45, 2.75) is 11.8 Å². The topological polar surface area (TPSA) is 29.1 Å². The lowest BCUT2D eigenvalue weighted by Gasteiger charge is -2.07. The van der Waals surface area contributed by atoms with Crippen LogP contribution in [0.25, 0.3) is 0 Å². The molecule has 0 saturated carbocycles. The van der Waals surface area contributed by atoms with Crippen LogP contribution in [-0.4, -0.2) is 18.2 Å². The molecule has 0 radical (unpaired) electrons. The molecule has 5 heteroatoms. The fourth-order valence-corrected chi connectivity index (χ4v) is 3.26. The molecular formula is C16H15ClINOS. The lowest BCUT2D eigenvalue weighted by Crippen LogP contribution is -2.26. The Kier molecular flexibility index (Phi) is 6.39. The van der Waals surface area contributed by atoms with Gasteiger partial charge in [-0.05, 0) is 59.8 Å². The number of amides is 1. The molecule has 2 nitrogen and oxygen atoms in total. The van der Waals surface area contributed by atoms with Gasteiger partial charge in [0.05, 0.1) is 5.56 Å². The molecule has 2 aromatic carbocycles. The smallest absolute Gasteiger partial charge is 0.252 e. The predicted molar refractivity (Wildman–Crippen MR) is 98.4 cm³/mol. The van der Waals surface area contributed by atoms with Crippen LogP contribution in [0.2, 0.25) is 5.02 Å². The van der Waals surface area contributed by atoms with Crippen LogP contribution < -0.4 is 5.32 Å². The zero-order chi connectivity index (χ0) is 15.2. The van der Waals surface area contributed by atoms with E-state index in [0.717, 1.165) is 9.32 Å². The zero-order valence-electron chi connectivity index (χ0n) is 11.5. The Morgan fingerprint density at radius 1 is 1.24 bits per heavy atom. The maximum absolute atomic E-state index is 12.1. The Labute approximate surface area is 147 Å². The molecule has 21 heavy (non-hydrogen) atoms. The molecule has 2 rings (SSSR count). The molecule has 2 aromatic rings. The number of nitrogens with one attached hydrogen (secondary N) is 1. The summed E-state index contributed by atoms with van der Waals surface area (Å²) in [7, 11) is 0. The highest BCUT2D eigenvalue weighted by atomic mass is 127. The largest absolute Gasteiger partial charge is 0.351 e. The second-order valence-corrected chi connectivity index (χ2v) is 7.31. The summed E-state index contributed by atoms with van der Waals surface area (Å²) in [4.78, 5) is 13.3. The van der Waals surface area contributed by atoms with Gasteiger partial charge in [0.1, 0.15) is 0 Å². The fraction of sp³-hybridized carbons (Fsp3) is 0.188. The first kappa shape index (κ1) is 16.6. The number of hydrogen-bond donors (Lipinski definition) is 1. The lowest BCUT2D eigenvalue weighted by atomic mass is 10.2. The number of hydrogen-bond acceptors (Lipinski definition) is 2. The second kappa shape index (κ2) is 8.06. The average Bonchev–Trinajstić information content (AvgIpc) is 2.47. The minimum atomic E-state index is -0.0774. The van der Waals surface area contributed by atoms with E-state index in [1.54, 1.807) is 23.9 Å². The van der Waals surface area contributed by atoms with Gasteiger partial charge in [-0.1, -0.05) is 29.3 Å². The summed E-state index contributed by atoms with van der Waals surface area (Å²) in [5.41, 5.74) is 1.88. The highest BCUT2D eigenvalue weighted by molar-refractivity contribution is 14.1. The van der Waals surface area contributed by atoms with Crippen molar-refractivity contribution in [2.75, 3.05) is 12.3 Å². The van der Waals surface area contributed by atoms with Crippen molar-refractivity contribution in [1.82, 2.24) is 5.32 Å². The third kappa shape index (κ3) is 5.20. The van der Waals surface area contributed by atoms with E-state index in [9.17, 15) is 4.79 Å². The first-order valence-corrected chi connectivity index (χ1v) is 8.93. The number of halogens is 2. The van der Waals surface area contributed by atoms with Gasteiger partial charge in [0.15, 0.2) is 0 Å². The number of carbonyl (C=O) groups excluding carboxylic acids is 1. The van der Waals surface area contributed by atoms with Crippen LogP contribution >= 0.6 is 46.0 Å². The van der Waals surface area contributed by atoms with Gasteiger partial charge in [-0.2, -0.15) is 0 Å². The van der Waals surface area contributed by atoms with Crippen LogP contribution in [-0.2, 0) is 0 Å². The third-order valence-corrected chi connectivity index (χ3v) is 5.04. The molecule has 0 bridgehead atoms. The van der Waals surface area contributed by atoms with Crippen molar-refractivity contribution >= 4 is 51.9 Å². The van der Waals surface area contributed by atoms with Gasteiger partial charge in [-0.3, -0.25) is 4.79 Å². The van der Waals surface area contributed by atoms with E-state index in [4.69, 9.17) is 11.6 Å². The molecule has 0 heterocycles. The predicted octanol–water partition coefficient (Wildman–Crippen LogP) is 4.78. The van der Waals surface area contributed by atoms with Gasteiger partial charge < -0.3 is 5.32 Å². The zero-order valence-corrected chi connectivity index (χ0v) is 15.3. The Balaban J connectivity index is 1.81. The van der Waals surface area contributed by atoms with Crippen molar-refractivity contribution in [3.8, 4) is 0 Å². The van der Waals surface area contributed by atoms with Gasteiger partial charge in [-0.25, -0.2) is 0 Å². The normalized spacial score (nSPS) is 10.4. The quantitative estimate of drug-likeness (QED) is 0.419. The van der Waals surface area contributed by atoms with Gasteiger partial charge in [0.25, 0.3) is 5.91 Å². The molecule has 0 aliphatic rings. The molecule has 0 aliphatic heterocycles. The monoisotopic (exact) mass is 431 g/mol. The van der Waals surface area contributed by atoms with Crippen molar-refractivity contribution in [3.05, 3.63) is 62.2 Å². The highest BCUT2D eigenvalue weighted by Crippen LogP contribution is 2.19. The number of benzene rings is 2. The maximum Gasteiger partial charge on any atom is 0.252 e. The minimum absolute atomic E-state index is 0.0774. The molecule has 0 fully saturated rings. The molecule has 1 N–H and O–H groups in total. The molecule has 0 aromatic heterocycles. The van der Waals surface area contributed by atoms with Crippen molar-refractivity contribution in [1.29, 1.82) is 0 Å². The SMILES string of the molecule is Cc1ccc(SCCNC(=O)c2cc(Cl)ccc2I)cc1. The van der Waals surface area contributed by atoms with E-state index in [0.29, 0.717) is 17.1 Å². The highest BCUT2D eigenvalue weighted by Gasteiger charge is 2.09. The van der Waals surface area contributed by atoms with Crippen LogP contribution in [0.5, 0.6) is 0 Å². The van der Waals surface area contributed by atoms with Gasteiger partial charge in [0.2, 0.25) is 0 Å². The molecule has 0 aliphatic carbocycles. The first-order valence-electron chi connectivity index (χ1n) is 6.49. The number of thioether (sulfide) groups is 1. The Morgan fingerprint density at radius 2 is 1.95 bits per heavy atom. The van der Waals surface area contributed by atoms with Crippen LogP contribution in [0.15, 0.2) is 47.4 Å². The molecular weight excluding hydrogens is 417 g/mol. The lowest BCUT2D eigenvalue weighted by molar-refractivity contribution is 0.0955. The van der Waals surface area contributed by atoms with E-state index in [1.807, 2.05) is 6.07 Å². The first-order chi connectivity index (χ1) is 10.1. The number of rotatable bonds is 5. The molecule has 0 atom stereocenters. The van der Waals surface area contributed by atoms with Crippen molar-refractivity contribution in [3.63, 3.8) is 0 Å². The van der Waals surface area contributed by atoms with Crippen LogP contribution in [0.3, 0.4) is 0 Å². The third-order valence-electron chi connectivity index (χ3n) is 2.85. The standard InChI is InChI=1S/C16H15ClINOS/c1-11-2-5-13(6-3-11)21-9-8-19-16(20)14-10-12(17)4-7-15(14)18/h2-7,10H,8-9H2,1H3,(H,19,20). The molecule has 0 spiro atoms. The summed E-state index contributed by atoms with van der Waals surface area (Å²) in [6.45, 7) is 2.70. The van der Waals surface area contributed by atoms with E-state index in [-0.39, 0.29) is 5.91 Å². The Bertz CT molecular complexity index is 631. The Hall–Kier alpha value is -0.720. The van der Waals surface area contributed by atoms with Crippen LogP contribution in [0, 0.1) is 10.5 Å². The summed E-state index contributed by atoms with van der Waals surface area (Å²) in [5, 5.41) is 3.50. The van der Waals surface area contributed by atoms with Gasteiger partial charge >= 0.3 is 0 Å². The van der Waals surface area contributed by atoms with Crippen LogP contribution in [0.4, 0.5) is 0 Å². The molecule has 0 unspecified atom stereocenters. The average molecular weight is 432 g/mol. The van der Waals surface area contributed by atoms with Crippen molar-refractivity contribution in [2.24, 2.45) is 0 Å². The summed E-state index contributed by atoms with van der Waals surface area (Å²) in [6.07, 6.45) is 0. The fourth-order valence-electron chi connectivity index (χ4n) is 1.73. The summed E-state index contributed by atoms with van der Waals surface area (Å²) in [6, 6.07) is 13.7. The van der Waals surface area contributed by atoms with E-state index >= 15 is 0 Å². The van der Waals surface area contributed by atoms with Crippen molar-refractivity contribution < 1.29 is 4.79 Å². The maximum atomic E-state index is 12.1. The minimum Gasteiger partial charge on any atom is -0.351 e. The summed E-state index contributed by atoms with van der Waals surface area (Å²) in [5.74, 6) is 0.762. The summed E-state index contributed by atoms with van der Waals surface area (Å²) < 4.78 is 0.903. The number of aryl methyl sites for hydroxylation is 1. The van der Waals surface area contributed by atoms with E-state index in [2.05, 4.69) is 59.1 Å². The Morgan fingerprint density at radius 3 is 2.67 bits per heavy atom. The van der Waals surface area contributed by atoms with E-state index < -0.39 is 0 Å². The molecule has 0 saturated heterocycles. The second-order valence-electron chi connectivity index (χ2n) is 4.54. The van der Waals surface area contributed by atoms with Gasteiger partial charge in [-0.15, -0.1) is 11.8 Å². The number of carbonyl (C=O) groups is 1. The summed E-state index contributed by atoms with van der Waals surface area (Å²) >= 11 is 9.80. The van der Waals surface area contributed by atoms with Gasteiger partial charge in [0, 0.05) is 25.8 Å². The van der Waals surface area contributed by atoms with E-state index in [1.165, 1.54) is 10.5 Å². The van der Waals surface area contributed by atoms with Crippen LogP contribution in [0.1, 0.15) is 15.9 Å².